The third-order valence-electron chi connectivity index (χ3n) is 2.82. The van der Waals surface area contributed by atoms with Crippen molar-refractivity contribution in [1.29, 1.82) is 0 Å². The molecule has 7 heteroatoms. The summed E-state index contributed by atoms with van der Waals surface area (Å²) >= 11 is 5.58. The fraction of sp³-hybridized carbons (Fsp3) is 0.900. The van der Waals surface area contributed by atoms with Crippen molar-refractivity contribution >= 4 is 17.5 Å². The molecule has 1 amide bonds. The van der Waals surface area contributed by atoms with Crippen LogP contribution in [0.15, 0.2) is 0 Å². The minimum Gasteiger partial charge on any atom is -0.364 e. The zero-order valence-electron chi connectivity index (χ0n) is 9.68. The Morgan fingerprint density at radius 1 is 1.59 bits per heavy atom. The fourth-order valence-corrected chi connectivity index (χ4v) is 2.07. The van der Waals surface area contributed by atoms with E-state index in [1.807, 2.05) is 0 Å². The molecular weight excluding hydrogens is 259 g/mol. The van der Waals surface area contributed by atoms with Gasteiger partial charge in [0.05, 0.1) is 6.54 Å². The summed E-state index contributed by atoms with van der Waals surface area (Å²) in [6.07, 6.45) is -4.72. The lowest BCUT2D eigenvalue weighted by Gasteiger charge is -2.31. The van der Waals surface area contributed by atoms with Gasteiger partial charge in [-0.25, -0.2) is 0 Å². The summed E-state index contributed by atoms with van der Waals surface area (Å²) in [5.41, 5.74) is -2.23. The maximum absolute atomic E-state index is 12.9. The van der Waals surface area contributed by atoms with Crippen molar-refractivity contribution in [3.05, 3.63) is 0 Å². The standard InChI is InChI=1S/C10H15ClF3NO2/c1-3-17-9(10(12,13)14)4-5-15(6-9)8(16)7(2)11/h7H,3-6H2,1-2H3/t7-,9-/m0/s1. The van der Waals surface area contributed by atoms with Gasteiger partial charge in [0.2, 0.25) is 5.91 Å². The average molecular weight is 274 g/mol. The lowest BCUT2D eigenvalue weighted by atomic mass is 10.0. The van der Waals surface area contributed by atoms with Crippen LogP contribution in [0.1, 0.15) is 20.3 Å². The van der Waals surface area contributed by atoms with E-state index in [1.54, 1.807) is 0 Å². The van der Waals surface area contributed by atoms with Gasteiger partial charge in [-0.3, -0.25) is 4.79 Å². The van der Waals surface area contributed by atoms with Crippen LogP contribution in [-0.2, 0) is 9.53 Å². The molecule has 1 aliphatic rings. The molecule has 1 aliphatic heterocycles. The Labute approximate surface area is 103 Å². The molecule has 0 spiro atoms. The van der Waals surface area contributed by atoms with Gasteiger partial charge in [0.15, 0.2) is 5.60 Å². The van der Waals surface area contributed by atoms with Crippen molar-refractivity contribution in [2.75, 3.05) is 19.7 Å². The van der Waals surface area contributed by atoms with Gasteiger partial charge in [-0.15, -0.1) is 11.6 Å². The lowest BCUT2D eigenvalue weighted by molar-refractivity contribution is -0.270. The molecule has 0 aromatic rings. The number of halogens is 4. The third-order valence-corrected chi connectivity index (χ3v) is 3.01. The predicted octanol–water partition coefficient (Wildman–Crippen LogP) is 2.18. The van der Waals surface area contributed by atoms with Gasteiger partial charge in [0, 0.05) is 19.6 Å². The highest BCUT2D eigenvalue weighted by atomic mass is 35.5. The lowest BCUT2D eigenvalue weighted by Crippen LogP contribution is -2.50. The van der Waals surface area contributed by atoms with E-state index in [0.29, 0.717) is 0 Å². The first-order chi connectivity index (χ1) is 7.73. The molecule has 1 saturated heterocycles. The van der Waals surface area contributed by atoms with Crippen LogP contribution in [-0.4, -0.2) is 47.7 Å². The minimum atomic E-state index is -4.48. The summed E-state index contributed by atoms with van der Waals surface area (Å²) in [4.78, 5) is 12.6. The fourth-order valence-electron chi connectivity index (χ4n) is 1.93. The Morgan fingerprint density at radius 3 is 2.59 bits per heavy atom. The van der Waals surface area contributed by atoms with Gasteiger partial charge in [0.1, 0.15) is 5.38 Å². The van der Waals surface area contributed by atoms with Crippen LogP contribution in [0.25, 0.3) is 0 Å². The summed E-state index contributed by atoms with van der Waals surface area (Å²) in [6, 6.07) is 0. The first kappa shape index (κ1) is 14.6. The second-order valence-corrected chi connectivity index (χ2v) is 4.71. The maximum atomic E-state index is 12.9. The molecule has 0 saturated carbocycles. The van der Waals surface area contributed by atoms with Crippen molar-refractivity contribution in [1.82, 2.24) is 4.90 Å². The molecule has 2 atom stereocenters. The van der Waals surface area contributed by atoms with Crippen LogP contribution in [0.4, 0.5) is 13.2 Å². The molecule has 100 valence electrons. The van der Waals surface area contributed by atoms with E-state index in [4.69, 9.17) is 16.3 Å². The highest BCUT2D eigenvalue weighted by Crippen LogP contribution is 2.41. The van der Waals surface area contributed by atoms with Gasteiger partial charge in [-0.2, -0.15) is 13.2 Å². The zero-order chi connectivity index (χ0) is 13.3. The van der Waals surface area contributed by atoms with Crippen molar-refractivity contribution < 1.29 is 22.7 Å². The Bertz CT molecular complexity index is 296. The van der Waals surface area contributed by atoms with E-state index < -0.39 is 29.6 Å². The van der Waals surface area contributed by atoms with Crippen LogP contribution in [0, 0.1) is 0 Å². The number of carbonyl (C=O) groups excluding carboxylic acids is 1. The topological polar surface area (TPSA) is 29.5 Å². The second-order valence-electron chi connectivity index (χ2n) is 4.05. The number of alkyl halides is 4. The van der Waals surface area contributed by atoms with Crippen molar-refractivity contribution in [3.63, 3.8) is 0 Å². The summed E-state index contributed by atoms with van der Waals surface area (Å²) < 4.78 is 43.7. The van der Waals surface area contributed by atoms with Crippen LogP contribution in [0.3, 0.4) is 0 Å². The number of hydrogen-bond acceptors (Lipinski definition) is 2. The molecule has 0 aromatic heterocycles. The number of hydrogen-bond donors (Lipinski definition) is 0. The molecule has 0 bridgehead atoms. The highest BCUT2D eigenvalue weighted by molar-refractivity contribution is 6.30. The van der Waals surface area contributed by atoms with E-state index in [-0.39, 0.29) is 19.6 Å². The van der Waals surface area contributed by atoms with E-state index in [1.165, 1.54) is 13.8 Å². The van der Waals surface area contributed by atoms with Gasteiger partial charge >= 0.3 is 6.18 Å². The predicted molar refractivity (Wildman–Crippen MR) is 56.9 cm³/mol. The molecule has 3 nitrogen and oxygen atoms in total. The Hall–Kier alpha value is -0.490. The number of amides is 1. The molecule has 0 radical (unpaired) electrons. The Balaban J connectivity index is 2.83. The number of ether oxygens (including phenoxy) is 1. The molecule has 1 fully saturated rings. The van der Waals surface area contributed by atoms with Crippen LogP contribution in [0.5, 0.6) is 0 Å². The van der Waals surface area contributed by atoms with Crippen LogP contribution >= 0.6 is 11.6 Å². The maximum Gasteiger partial charge on any atom is 0.419 e. The number of rotatable bonds is 3. The molecule has 0 N–H and O–H groups in total. The molecule has 1 rings (SSSR count). The average Bonchev–Trinajstić information content (AvgIpc) is 2.62. The molecular formula is C10H15ClF3NO2. The van der Waals surface area contributed by atoms with E-state index in [0.717, 1.165) is 4.90 Å². The quantitative estimate of drug-likeness (QED) is 0.738. The molecule has 0 aliphatic carbocycles. The first-order valence-corrected chi connectivity index (χ1v) is 5.80. The van der Waals surface area contributed by atoms with E-state index in [2.05, 4.69) is 0 Å². The largest absolute Gasteiger partial charge is 0.419 e. The smallest absolute Gasteiger partial charge is 0.364 e. The minimum absolute atomic E-state index is 0.0232. The normalized spacial score (nSPS) is 27.3. The SMILES string of the molecule is CCO[C@@]1(C(F)(F)F)CCN(C(=O)[C@H](C)Cl)C1. The highest BCUT2D eigenvalue weighted by Gasteiger charge is 2.60. The first-order valence-electron chi connectivity index (χ1n) is 5.37. The van der Waals surface area contributed by atoms with E-state index >= 15 is 0 Å². The Kier molecular flexibility index (Phi) is 4.30. The summed E-state index contributed by atoms with van der Waals surface area (Å²) in [5.74, 6) is -0.488. The molecule has 17 heavy (non-hydrogen) atoms. The number of carbonyl (C=O) groups is 1. The monoisotopic (exact) mass is 273 g/mol. The van der Waals surface area contributed by atoms with Gasteiger partial charge in [0.25, 0.3) is 0 Å². The zero-order valence-corrected chi connectivity index (χ0v) is 10.4. The molecule has 0 aromatic carbocycles. The number of likely N-dealkylation sites (tertiary alicyclic amines) is 1. The second kappa shape index (κ2) is 5.02. The van der Waals surface area contributed by atoms with E-state index in [9.17, 15) is 18.0 Å². The summed E-state index contributed by atoms with van der Waals surface area (Å²) in [6.45, 7) is 2.45. The van der Waals surface area contributed by atoms with Crippen LogP contribution < -0.4 is 0 Å². The number of nitrogens with zero attached hydrogens (tertiary/aromatic N) is 1. The summed E-state index contributed by atoms with van der Waals surface area (Å²) in [7, 11) is 0. The van der Waals surface area contributed by atoms with Crippen LogP contribution in [0.2, 0.25) is 0 Å². The molecule has 0 unspecified atom stereocenters. The van der Waals surface area contributed by atoms with Crippen molar-refractivity contribution in [3.8, 4) is 0 Å². The van der Waals surface area contributed by atoms with Gasteiger partial charge in [-0.05, 0) is 13.8 Å². The summed E-state index contributed by atoms with van der Waals surface area (Å²) in [5, 5.41) is -0.819. The third kappa shape index (κ3) is 2.85. The Morgan fingerprint density at radius 2 is 2.18 bits per heavy atom. The van der Waals surface area contributed by atoms with Crippen molar-refractivity contribution in [2.45, 2.75) is 37.4 Å². The van der Waals surface area contributed by atoms with Gasteiger partial charge < -0.3 is 9.64 Å². The van der Waals surface area contributed by atoms with Gasteiger partial charge in [-0.1, -0.05) is 0 Å². The van der Waals surface area contributed by atoms with Crippen molar-refractivity contribution in [2.24, 2.45) is 0 Å². The molecule has 1 heterocycles.